The standard InChI is InChI=1S/C27H33NO3/c1-3-5-7-8-9-10-22-11-17-26(18-12-22)31-27(29)24(21-28)20-23-13-15-25(16-14-23)30-19-6-4-2/h11-18,20H,3-10,19H2,1-2H3. The molecule has 4 nitrogen and oxygen atoms in total. The summed E-state index contributed by atoms with van der Waals surface area (Å²) >= 11 is 0. The number of carbonyl (C=O) groups is 1. The molecule has 0 N–H and O–H groups in total. The molecule has 2 aromatic rings. The van der Waals surface area contributed by atoms with Gasteiger partial charge in [-0.25, -0.2) is 4.79 Å². The third-order valence-electron chi connectivity index (χ3n) is 5.00. The number of unbranched alkanes of at least 4 members (excludes halogenated alkanes) is 5. The number of nitrogens with zero attached hydrogens (tertiary/aromatic N) is 1. The fourth-order valence-electron chi connectivity index (χ4n) is 3.12. The Balaban J connectivity index is 1.89. The molecule has 31 heavy (non-hydrogen) atoms. The first-order valence-electron chi connectivity index (χ1n) is 11.3. The van der Waals surface area contributed by atoms with E-state index in [9.17, 15) is 10.1 Å². The van der Waals surface area contributed by atoms with Crippen molar-refractivity contribution in [2.24, 2.45) is 0 Å². The minimum atomic E-state index is -0.655. The van der Waals surface area contributed by atoms with E-state index in [0.29, 0.717) is 12.4 Å². The average Bonchev–Trinajstić information content (AvgIpc) is 2.79. The first-order valence-corrected chi connectivity index (χ1v) is 11.3. The maximum Gasteiger partial charge on any atom is 0.354 e. The zero-order valence-corrected chi connectivity index (χ0v) is 18.7. The fourth-order valence-corrected chi connectivity index (χ4v) is 3.12. The summed E-state index contributed by atoms with van der Waals surface area (Å²) in [4.78, 5) is 12.4. The molecule has 0 aromatic heterocycles. The minimum Gasteiger partial charge on any atom is -0.494 e. The molecule has 0 aliphatic heterocycles. The zero-order chi connectivity index (χ0) is 22.3. The molecular weight excluding hydrogens is 386 g/mol. The van der Waals surface area contributed by atoms with Gasteiger partial charge in [0, 0.05) is 0 Å². The Morgan fingerprint density at radius 2 is 1.52 bits per heavy atom. The average molecular weight is 420 g/mol. The van der Waals surface area contributed by atoms with Crippen molar-refractivity contribution in [1.82, 2.24) is 0 Å². The largest absolute Gasteiger partial charge is 0.494 e. The molecule has 0 saturated carbocycles. The summed E-state index contributed by atoms with van der Waals surface area (Å²) in [7, 11) is 0. The lowest BCUT2D eigenvalue weighted by molar-refractivity contribution is -0.129. The molecule has 164 valence electrons. The van der Waals surface area contributed by atoms with Crippen LogP contribution in [0.15, 0.2) is 54.1 Å². The highest BCUT2D eigenvalue weighted by Crippen LogP contribution is 2.18. The number of carbonyl (C=O) groups excluding carboxylic acids is 1. The molecule has 0 spiro atoms. The summed E-state index contributed by atoms with van der Waals surface area (Å²) in [5.74, 6) is 0.566. The lowest BCUT2D eigenvalue weighted by atomic mass is 10.1. The Labute approximate surface area is 186 Å². The van der Waals surface area contributed by atoms with Gasteiger partial charge in [0.25, 0.3) is 0 Å². The van der Waals surface area contributed by atoms with Gasteiger partial charge in [-0.05, 0) is 60.7 Å². The lowest BCUT2D eigenvalue weighted by Crippen LogP contribution is -2.10. The van der Waals surface area contributed by atoms with Crippen molar-refractivity contribution in [3.05, 3.63) is 65.2 Å². The number of nitriles is 1. The quantitative estimate of drug-likeness (QED) is 0.117. The van der Waals surface area contributed by atoms with Crippen molar-refractivity contribution < 1.29 is 14.3 Å². The number of rotatable bonds is 13. The zero-order valence-electron chi connectivity index (χ0n) is 18.7. The maximum atomic E-state index is 12.4. The van der Waals surface area contributed by atoms with E-state index in [-0.39, 0.29) is 5.57 Å². The van der Waals surface area contributed by atoms with Crippen LogP contribution < -0.4 is 9.47 Å². The number of hydrogen-bond donors (Lipinski definition) is 0. The predicted molar refractivity (Wildman–Crippen MR) is 125 cm³/mol. The van der Waals surface area contributed by atoms with Crippen LogP contribution in [0.2, 0.25) is 0 Å². The van der Waals surface area contributed by atoms with E-state index >= 15 is 0 Å². The highest BCUT2D eigenvalue weighted by atomic mass is 16.5. The SMILES string of the molecule is CCCCCCCc1ccc(OC(=O)C(C#N)=Cc2ccc(OCCCC)cc2)cc1. The van der Waals surface area contributed by atoms with Gasteiger partial charge in [0.15, 0.2) is 0 Å². The third-order valence-corrected chi connectivity index (χ3v) is 5.00. The van der Waals surface area contributed by atoms with Gasteiger partial charge in [-0.15, -0.1) is 0 Å². The summed E-state index contributed by atoms with van der Waals surface area (Å²) in [5, 5.41) is 9.39. The van der Waals surface area contributed by atoms with E-state index in [4.69, 9.17) is 9.47 Å². The van der Waals surface area contributed by atoms with Crippen LogP contribution in [0.25, 0.3) is 6.08 Å². The van der Waals surface area contributed by atoms with Crippen LogP contribution in [0.1, 0.15) is 69.9 Å². The Morgan fingerprint density at radius 1 is 0.871 bits per heavy atom. The summed E-state index contributed by atoms with van der Waals surface area (Å²) in [6, 6.07) is 16.8. The second-order valence-corrected chi connectivity index (χ2v) is 7.64. The Hall–Kier alpha value is -3.06. The highest BCUT2D eigenvalue weighted by molar-refractivity contribution is 5.99. The third kappa shape index (κ3) is 9.09. The predicted octanol–water partition coefficient (Wildman–Crippen LogP) is 6.89. The molecule has 0 fully saturated rings. The van der Waals surface area contributed by atoms with Crippen LogP contribution in [0.4, 0.5) is 0 Å². The van der Waals surface area contributed by atoms with Crippen LogP contribution in [0.5, 0.6) is 11.5 Å². The fraction of sp³-hybridized carbons (Fsp3) is 0.407. The highest BCUT2D eigenvalue weighted by Gasteiger charge is 2.12. The smallest absolute Gasteiger partial charge is 0.354 e. The van der Waals surface area contributed by atoms with E-state index in [2.05, 4.69) is 13.8 Å². The molecule has 0 unspecified atom stereocenters. The molecular formula is C27H33NO3. The molecule has 0 amide bonds. The van der Waals surface area contributed by atoms with E-state index < -0.39 is 5.97 Å². The maximum absolute atomic E-state index is 12.4. The Kier molecular flexibility index (Phi) is 11.0. The Morgan fingerprint density at radius 3 is 2.16 bits per heavy atom. The van der Waals surface area contributed by atoms with Gasteiger partial charge in [0.05, 0.1) is 6.61 Å². The lowest BCUT2D eigenvalue weighted by Gasteiger charge is -2.06. The van der Waals surface area contributed by atoms with Crippen LogP contribution in [0, 0.1) is 11.3 Å². The Bertz CT molecular complexity index is 861. The van der Waals surface area contributed by atoms with Crippen molar-refractivity contribution >= 4 is 12.0 Å². The summed E-state index contributed by atoms with van der Waals surface area (Å²) in [6.07, 6.45) is 10.9. The first kappa shape index (κ1) is 24.2. The number of hydrogen-bond acceptors (Lipinski definition) is 4. The molecule has 2 aromatic carbocycles. The van der Waals surface area contributed by atoms with Crippen molar-refractivity contribution in [3.63, 3.8) is 0 Å². The van der Waals surface area contributed by atoms with Gasteiger partial charge in [-0.1, -0.05) is 70.2 Å². The van der Waals surface area contributed by atoms with E-state index in [1.54, 1.807) is 12.1 Å². The van der Waals surface area contributed by atoms with Gasteiger partial charge in [0.1, 0.15) is 23.1 Å². The van der Waals surface area contributed by atoms with Crippen LogP contribution in [-0.4, -0.2) is 12.6 Å². The molecule has 0 heterocycles. The van der Waals surface area contributed by atoms with Crippen molar-refractivity contribution in [1.29, 1.82) is 5.26 Å². The molecule has 0 aliphatic carbocycles. The van der Waals surface area contributed by atoms with Gasteiger partial charge in [-0.2, -0.15) is 5.26 Å². The van der Waals surface area contributed by atoms with Crippen molar-refractivity contribution in [2.75, 3.05) is 6.61 Å². The van der Waals surface area contributed by atoms with E-state index in [0.717, 1.165) is 30.6 Å². The van der Waals surface area contributed by atoms with Crippen molar-refractivity contribution in [2.45, 2.75) is 65.2 Å². The van der Waals surface area contributed by atoms with Crippen LogP contribution in [-0.2, 0) is 11.2 Å². The number of esters is 1. The molecule has 0 aliphatic rings. The number of benzene rings is 2. The summed E-state index contributed by atoms with van der Waals surface area (Å²) < 4.78 is 11.0. The van der Waals surface area contributed by atoms with E-state index in [1.807, 2.05) is 42.5 Å². The minimum absolute atomic E-state index is 0.0420. The molecule has 2 rings (SSSR count). The van der Waals surface area contributed by atoms with Gasteiger partial charge in [-0.3, -0.25) is 0 Å². The number of ether oxygens (including phenoxy) is 2. The van der Waals surface area contributed by atoms with Crippen LogP contribution >= 0.6 is 0 Å². The molecule has 4 heteroatoms. The topological polar surface area (TPSA) is 59.3 Å². The summed E-state index contributed by atoms with van der Waals surface area (Å²) in [6.45, 7) is 5.01. The second-order valence-electron chi connectivity index (χ2n) is 7.64. The van der Waals surface area contributed by atoms with E-state index in [1.165, 1.54) is 43.7 Å². The van der Waals surface area contributed by atoms with Crippen LogP contribution in [0.3, 0.4) is 0 Å². The van der Waals surface area contributed by atoms with Gasteiger partial charge >= 0.3 is 5.97 Å². The first-order chi connectivity index (χ1) is 15.2. The van der Waals surface area contributed by atoms with Gasteiger partial charge < -0.3 is 9.47 Å². The normalized spacial score (nSPS) is 11.1. The van der Waals surface area contributed by atoms with Crippen molar-refractivity contribution in [3.8, 4) is 17.6 Å². The molecule has 0 atom stereocenters. The second kappa shape index (κ2) is 14.0. The molecule has 0 radical (unpaired) electrons. The summed E-state index contributed by atoms with van der Waals surface area (Å²) in [5.41, 5.74) is 1.93. The monoisotopic (exact) mass is 419 g/mol. The number of aryl methyl sites for hydroxylation is 1. The molecule has 0 bridgehead atoms. The molecule has 0 saturated heterocycles. The van der Waals surface area contributed by atoms with Gasteiger partial charge in [0.2, 0.25) is 0 Å².